The van der Waals surface area contributed by atoms with Gasteiger partial charge in [0.15, 0.2) is 5.96 Å². The van der Waals surface area contributed by atoms with E-state index >= 15 is 0 Å². The first-order chi connectivity index (χ1) is 12.7. The molecule has 0 spiro atoms. The van der Waals surface area contributed by atoms with Crippen molar-refractivity contribution in [3.05, 3.63) is 17.0 Å². The van der Waals surface area contributed by atoms with Crippen molar-refractivity contribution in [1.29, 1.82) is 0 Å². The standard InChI is InChI=1S/C20H36N6/c1-5-18-17(19(6-2)25(4)24-18)13-22-20(21-3)23-15-11-12-26(14-15)16-9-7-8-10-16/h15-16H,5-14H2,1-4H3,(H2,21,22,23). The van der Waals surface area contributed by atoms with Gasteiger partial charge in [-0.15, -0.1) is 0 Å². The van der Waals surface area contributed by atoms with Crippen LogP contribution in [0.15, 0.2) is 4.99 Å². The fourth-order valence-electron chi connectivity index (χ4n) is 4.66. The molecular formula is C20H36N6. The molecule has 1 saturated heterocycles. The Morgan fingerprint density at radius 1 is 1.19 bits per heavy atom. The number of hydrogen-bond donors (Lipinski definition) is 2. The molecule has 2 N–H and O–H groups in total. The lowest BCUT2D eigenvalue weighted by atomic mass is 10.1. The molecule has 2 fully saturated rings. The average Bonchev–Trinajstić information content (AvgIpc) is 3.38. The average molecular weight is 361 g/mol. The van der Waals surface area contributed by atoms with Crippen molar-refractivity contribution >= 4 is 5.96 Å². The number of aliphatic imine (C=N–C) groups is 1. The van der Waals surface area contributed by atoms with E-state index in [1.807, 2.05) is 18.8 Å². The molecule has 0 bridgehead atoms. The van der Waals surface area contributed by atoms with Crippen LogP contribution in [0.1, 0.15) is 62.9 Å². The molecule has 0 amide bonds. The summed E-state index contributed by atoms with van der Waals surface area (Å²) in [6.07, 6.45) is 8.78. The van der Waals surface area contributed by atoms with Crippen molar-refractivity contribution in [2.45, 2.75) is 77.4 Å². The number of nitrogens with one attached hydrogen (secondary N) is 2. The fourth-order valence-corrected chi connectivity index (χ4v) is 4.66. The molecule has 2 heterocycles. The van der Waals surface area contributed by atoms with Crippen LogP contribution in [0.25, 0.3) is 0 Å². The van der Waals surface area contributed by atoms with Crippen LogP contribution in [0.2, 0.25) is 0 Å². The molecule has 2 aliphatic rings. The van der Waals surface area contributed by atoms with Crippen LogP contribution >= 0.6 is 0 Å². The number of rotatable bonds is 6. The van der Waals surface area contributed by atoms with E-state index in [1.54, 1.807) is 0 Å². The van der Waals surface area contributed by atoms with Crippen LogP contribution in [-0.4, -0.2) is 52.9 Å². The van der Waals surface area contributed by atoms with E-state index < -0.39 is 0 Å². The number of likely N-dealkylation sites (tertiary alicyclic amines) is 1. The highest BCUT2D eigenvalue weighted by Gasteiger charge is 2.30. The second-order valence-electron chi connectivity index (χ2n) is 7.69. The van der Waals surface area contributed by atoms with Crippen molar-refractivity contribution in [2.24, 2.45) is 12.0 Å². The molecule has 1 aliphatic heterocycles. The van der Waals surface area contributed by atoms with Gasteiger partial charge in [0.05, 0.1) is 5.69 Å². The first kappa shape index (κ1) is 19.2. The first-order valence-electron chi connectivity index (χ1n) is 10.4. The van der Waals surface area contributed by atoms with Gasteiger partial charge in [-0.05, 0) is 32.1 Å². The zero-order valence-electron chi connectivity index (χ0n) is 17.0. The largest absolute Gasteiger partial charge is 0.352 e. The Morgan fingerprint density at radius 3 is 2.62 bits per heavy atom. The van der Waals surface area contributed by atoms with Gasteiger partial charge in [0, 0.05) is 57.1 Å². The fraction of sp³-hybridized carbons (Fsp3) is 0.800. The van der Waals surface area contributed by atoms with Crippen molar-refractivity contribution < 1.29 is 0 Å². The van der Waals surface area contributed by atoms with Gasteiger partial charge >= 0.3 is 0 Å². The van der Waals surface area contributed by atoms with E-state index in [2.05, 4.69) is 39.5 Å². The monoisotopic (exact) mass is 360 g/mol. The van der Waals surface area contributed by atoms with E-state index in [9.17, 15) is 0 Å². The van der Waals surface area contributed by atoms with E-state index in [0.717, 1.165) is 37.9 Å². The summed E-state index contributed by atoms with van der Waals surface area (Å²) >= 11 is 0. The summed E-state index contributed by atoms with van der Waals surface area (Å²) in [5.41, 5.74) is 3.85. The topological polar surface area (TPSA) is 57.5 Å². The number of aryl methyl sites for hydroxylation is 2. The SMILES string of the molecule is CCc1nn(C)c(CC)c1CNC(=NC)NC1CCN(C2CCCC2)C1. The predicted molar refractivity (Wildman–Crippen MR) is 108 cm³/mol. The van der Waals surface area contributed by atoms with Gasteiger partial charge in [0.2, 0.25) is 0 Å². The van der Waals surface area contributed by atoms with Gasteiger partial charge in [-0.25, -0.2) is 0 Å². The Hall–Kier alpha value is -1.56. The smallest absolute Gasteiger partial charge is 0.191 e. The van der Waals surface area contributed by atoms with Gasteiger partial charge in [0.1, 0.15) is 0 Å². The number of hydrogen-bond acceptors (Lipinski definition) is 3. The summed E-state index contributed by atoms with van der Waals surface area (Å²) < 4.78 is 2.03. The van der Waals surface area contributed by atoms with Crippen molar-refractivity contribution in [3.8, 4) is 0 Å². The Kier molecular flexibility index (Phi) is 6.57. The third-order valence-electron chi connectivity index (χ3n) is 6.09. The summed E-state index contributed by atoms with van der Waals surface area (Å²) in [5, 5.41) is 11.8. The molecule has 26 heavy (non-hydrogen) atoms. The van der Waals surface area contributed by atoms with Gasteiger partial charge in [-0.1, -0.05) is 26.7 Å². The van der Waals surface area contributed by atoms with E-state index in [1.165, 1.54) is 55.6 Å². The Morgan fingerprint density at radius 2 is 1.96 bits per heavy atom. The number of aromatic nitrogens is 2. The molecule has 0 aromatic carbocycles. The lowest BCUT2D eigenvalue weighted by molar-refractivity contribution is 0.242. The van der Waals surface area contributed by atoms with Crippen LogP contribution in [-0.2, 0) is 26.4 Å². The first-order valence-corrected chi connectivity index (χ1v) is 10.4. The van der Waals surface area contributed by atoms with Crippen LogP contribution in [0.4, 0.5) is 0 Å². The molecule has 1 aromatic heterocycles. The van der Waals surface area contributed by atoms with Crippen LogP contribution in [0.5, 0.6) is 0 Å². The molecule has 6 nitrogen and oxygen atoms in total. The van der Waals surface area contributed by atoms with Gasteiger partial charge in [-0.2, -0.15) is 5.10 Å². The minimum Gasteiger partial charge on any atom is -0.352 e. The Bertz CT molecular complexity index is 614. The van der Waals surface area contributed by atoms with Crippen molar-refractivity contribution in [3.63, 3.8) is 0 Å². The molecule has 1 unspecified atom stereocenters. The molecule has 146 valence electrons. The normalized spacial score (nSPS) is 22.3. The number of guanidine groups is 1. The highest BCUT2D eigenvalue weighted by Crippen LogP contribution is 2.26. The van der Waals surface area contributed by atoms with Crippen LogP contribution in [0, 0.1) is 0 Å². The predicted octanol–water partition coefficient (Wildman–Crippen LogP) is 2.23. The van der Waals surface area contributed by atoms with Crippen molar-refractivity contribution in [1.82, 2.24) is 25.3 Å². The van der Waals surface area contributed by atoms with Crippen LogP contribution < -0.4 is 10.6 Å². The lowest BCUT2D eigenvalue weighted by Gasteiger charge is -2.24. The van der Waals surface area contributed by atoms with E-state index in [0.29, 0.717) is 6.04 Å². The third kappa shape index (κ3) is 4.22. The maximum atomic E-state index is 4.67. The lowest BCUT2D eigenvalue weighted by Crippen LogP contribution is -2.45. The zero-order valence-corrected chi connectivity index (χ0v) is 17.0. The maximum Gasteiger partial charge on any atom is 0.191 e. The van der Waals surface area contributed by atoms with E-state index in [4.69, 9.17) is 0 Å². The summed E-state index contributed by atoms with van der Waals surface area (Å²) in [6.45, 7) is 7.54. The van der Waals surface area contributed by atoms with Crippen molar-refractivity contribution in [2.75, 3.05) is 20.1 Å². The zero-order chi connectivity index (χ0) is 18.5. The molecule has 1 saturated carbocycles. The minimum absolute atomic E-state index is 0.506. The van der Waals surface area contributed by atoms with Crippen LogP contribution in [0.3, 0.4) is 0 Å². The summed E-state index contributed by atoms with van der Waals surface area (Å²) in [4.78, 5) is 7.14. The summed E-state index contributed by atoms with van der Waals surface area (Å²) in [5.74, 6) is 0.913. The molecule has 1 aliphatic carbocycles. The molecule has 1 aromatic rings. The molecule has 3 rings (SSSR count). The highest BCUT2D eigenvalue weighted by molar-refractivity contribution is 5.80. The Labute approximate surface area is 158 Å². The minimum atomic E-state index is 0.506. The summed E-state index contributed by atoms with van der Waals surface area (Å²) in [7, 11) is 3.91. The second-order valence-corrected chi connectivity index (χ2v) is 7.69. The maximum absolute atomic E-state index is 4.67. The van der Waals surface area contributed by atoms with Gasteiger partial charge < -0.3 is 10.6 Å². The molecule has 1 atom stereocenters. The number of nitrogens with zero attached hydrogens (tertiary/aromatic N) is 4. The molecular weight excluding hydrogens is 324 g/mol. The van der Waals surface area contributed by atoms with Gasteiger partial charge in [0.25, 0.3) is 0 Å². The quantitative estimate of drug-likeness (QED) is 0.603. The van der Waals surface area contributed by atoms with E-state index in [-0.39, 0.29) is 0 Å². The third-order valence-corrected chi connectivity index (χ3v) is 6.09. The molecule has 0 radical (unpaired) electrons. The Balaban J connectivity index is 1.54. The van der Waals surface area contributed by atoms with Gasteiger partial charge in [-0.3, -0.25) is 14.6 Å². The molecule has 6 heteroatoms. The second kappa shape index (κ2) is 8.89. The highest BCUT2D eigenvalue weighted by atomic mass is 15.3. The summed E-state index contributed by atoms with van der Waals surface area (Å²) in [6, 6.07) is 1.33.